The number of phenols is 1. The minimum Gasteiger partial charge on any atom is -0.508 e. The van der Waals surface area contributed by atoms with Gasteiger partial charge in [0.15, 0.2) is 0 Å². The van der Waals surface area contributed by atoms with E-state index in [1.54, 1.807) is 31.5 Å². The lowest BCUT2D eigenvalue weighted by Crippen LogP contribution is -1.84. The molecule has 0 aliphatic rings. The summed E-state index contributed by atoms with van der Waals surface area (Å²) in [6.07, 6.45) is 1.67. The summed E-state index contributed by atoms with van der Waals surface area (Å²) in [5, 5.41) is 10.2. The minimum absolute atomic E-state index is 0.263. The number of hydrogen-bond donors (Lipinski definition) is 1. The molecule has 0 saturated heterocycles. The Bertz CT molecular complexity index is 471. The van der Waals surface area contributed by atoms with Gasteiger partial charge in [0.1, 0.15) is 16.5 Å². The normalized spacial score (nSPS) is 10.1. The molecule has 1 aromatic heterocycles. The van der Waals surface area contributed by atoms with Crippen molar-refractivity contribution in [2.45, 2.75) is 9.92 Å². The fourth-order valence-electron chi connectivity index (χ4n) is 1.22. The van der Waals surface area contributed by atoms with Gasteiger partial charge in [0.2, 0.25) is 0 Å². The zero-order valence-corrected chi connectivity index (χ0v) is 9.57. The molecule has 0 aliphatic heterocycles. The molecule has 0 aliphatic carbocycles. The van der Waals surface area contributed by atoms with Gasteiger partial charge in [-0.2, -0.15) is 0 Å². The fourth-order valence-corrected chi connectivity index (χ4v) is 2.02. The van der Waals surface area contributed by atoms with Crippen LogP contribution in [0.2, 0.25) is 0 Å². The maximum atomic E-state index is 9.32. The van der Waals surface area contributed by atoms with Gasteiger partial charge in [-0.3, -0.25) is 0 Å². The van der Waals surface area contributed by atoms with E-state index < -0.39 is 0 Å². The van der Waals surface area contributed by atoms with Gasteiger partial charge in [0.25, 0.3) is 0 Å². The van der Waals surface area contributed by atoms with Crippen LogP contribution >= 0.6 is 11.8 Å². The molecule has 2 rings (SSSR count). The topological polar surface area (TPSA) is 42.4 Å². The molecule has 4 heteroatoms. The Labute approximate surface area is 98.1 Å². The Hall–Kier alpha value is -1.68. The van der Waals surface area contributed by atoms with Crippen LogP contribution in [0.25, 0.3) is 0 Å². The third kappa shape index (κ3) is 2.67. The number of rotatable bonds is 3. The highest BCUT2D eigenvalue weighted by Gasteiger charge is 2.00. The Morgan fingerprint density at radius 1 is 1.25 bits per heavy atom. The van der Waals surface area contributed by atoms with Crippen molar-refractivity contribution in [3.63, 3.8) is 0 Å². The number of hydrogen-bond acceptors (Lipinski definition) is 4. The smallest absolute Gasteiger partial charge is 0.137 e. The van der Waals surface area contributed by atoms with Crippen molar-refractivity contribution in [3.8, 4) is 11.5 Å². The van der Waals surface area contributed by atoms with Crippen molar-refractivity contribution in [2.75, 3.05) is 7.11 Å². The molecule has 0 fully saturated rings. The standard InChI is InChI=1S/C12H11NO2S/c1-15-10-5-6-12(13-8-10)16-11-4-2-3-9(14)7-11/h2-8,14H,1H3. The molecule has 0 radical (unpaired) electrons. The Kier molecular flexibility index (Phi) is 3.31. The number of aromatic hydroxyl groups is 1. The van der Waals surface area contributed by atoms with Crippen LogP contribution in [0.3, 0.4) is 0 Å². The third-order valence-electron chi connectivity index (χ3n) is 1.98. The highest BCUT2D eigenvalue weighted by molar-refractivity contribution is 7.99. The molecule has 1 heterocycles. The van der Waals surface area contributed by atoms with Crippen LogP contribution in [0, 0.1) is 0 Å². The zero-order chi connectivity index (χ0) is 11.4. The summed E-state index contributed by atoms with van der Waals surface area (Å²) < 4.78 is 5.03. The third-order valence-corrected chi connectivity index (χ3v) is 2.93. The molecule has 0 amide bonds. The van der Waals surface area contributed by atoms with Crippen LogP contribution in [0.5, 0.6) is 11.5 Å². The lowest BCUT2D eigenvalue weighted by molar-refractivity contribution is 0.412. The van der Waals surface area contributed by atoms with E-state index in [4.69, 9.17) is 4.74 Å². The van der Waals surface area contributed by atoms with Crippen molar-refractivity contribution in [1.82, 2.24) is 4.98 Å². The molecule has 2 aromatic rings. The van der Waals surface area contributed by atoms with Crippen LogP contribution in [0.4, 0.5) is 0 Å². The van der Waals surface area contributed by atoms with Gasteiger partial charge in [-0.15, -0.1) is 0 Å². The number of phenolic OH excluding ortho intramolecular Hbond substituents is 1. The van der Waals surface area contributed by atoms with Gasteiger partial charge < -0.3 is 9.84 Å². The van der Waals surface area contributed by atoms with Crippen LogP contribution < -0.4 is 4.74 Å². The number of ether oxygens (including phenoxy) is 1. The molecule has 0 saturated carbocycles. The molecule has 0 bridgehead atoms. The molecule has 3 nitrogen and oxygen atoms in total. The van der Waals surface area contributed by atoms with Crippen molar-refractivity contribution < 1.29 is 9.84 Å². The summed E-state index contributed by atoms with van der Waals surface area (Å²) in [7, 11) is 1.61. The summed E-state index contributed by atoms with van der Waals surface area (Å²) in [5.41, 5.74) is 0. The molecular weight excluding hydrogens is 222 g/mol. The Morgan fingerprint density at radius 3 is 2.75 bits per heavy atom. The maximum absolute atomic E-state index is 9.32. The number of nitrogens with zero attached hydrogens (tertiary/aromatic N) is 1. The molecule has 0 atom stereocenters. The van der Waals surface area contributed by atoms with E-state index in [1.165, 1.54) is 11.8 Å². The second kappa shape index (κ2) is 4.90. The van der Waals surface area contributed by atoms with Crippen LogP contribution in [0.1, 0.15) is 0 Å². The lowest BCUT2D eigenvalue weighted by atomic mass is 10.3. The largest absolute Gasteiger partial charge is 0.508 e. The first-order valence-electron chi connectivity index (χ1n) is 4.75. The highest BCUT2D eigenvalue weighted by atomic mass is 32.2. The highest BCUT2D eigenvalue weighted by Crippen LogP contribution is 2.28. The molecule has 0 unspecified atom stereocenters. The molecule has 82 valence electrons. The Balaban J connectivity index is 2.14. The van der Waals surface area contributed by atoms with Gasteiger partial charge in [-0.05, 0) is 30.3 Å². The van der Waals surface area contributed by atoms with Crippen LogP contribution in [0.15, 0.2) is 52.5 Å². The average molecular weight is 233 g/mol. The second-order valence-corrected chi connectivity index (χ2v) is 4.23. The number of aromatic nitrogens is 1. The first-order valence-corrected chi connectivity index (χ1v) is 5.56. The van der Waals surface area contributed by atoms with Crippen molar-refractivity contribution in [1.29, 1.82) is 0 Å². The summed E-state index contributed by atoms with van der Waals surface area (Å²) >= 11 is 1.49. The monoisotopic (exact) mass is 233 g/mol. The van der Waals surface area contributed by atoms with Crippen molar-refractivity contribution in [2.24, 2.45) is 0 Å². The average Bonchev–Trinajstić information content (AvgIpc) is 2.30. The number of methoxy groups -OCH3 is 1. The molecule has 0 spiro atoms. The predicted octanol–water partition coefficient (Wildman–Crippen LogP) is 2.95. The van der Waals surface area contributed by atoms with E-state index in [0.29, 0.717) is 0 Å². The number of benzene rings is 1. The predicted molar refractivity (Wildman–Crippen MR) is 63.0 cm³/mol. The quantitative estimate of drug-likeness (QED) is 0.885. The van der Waals surface area contributed by atoms with E-state index in [1.807, 2.05) is 18.2 Å². The van der Waals surface area contributed by atoms with E-state index in [-0.39, 0.29) is 5.75 Å². The SMILES string of the molecule is COc1ccc(Sc2cccc(O)c2)nc1. The first-order chi connectivity index (χ1) is 7.78. The molecule has 16 heavy (non-hydrogen) atoms. The summed E-state index contributed by atoms with van der Waals surface area (Å²) in [5.74, 6) is 0.999. The van der Waals surface area contributed by atoms with Gasteiger partial charge >= 0.3 is 0 Å². The summed E-state index contributed by atoms with van der Waals surface area (Å²) in [4.78, 5) is 5.19. The maximum Gasteiger partial charge on any atom is 0.137 e. The van der Waals surface area contributed by atoms with Crippen LogP contribution in [-0.2, 0) is 0 Å². The minimum atomic E-state index is 0.263. The second-order valence-electron chi connectivity index (χ2n) is 3.14. The first kappa shape index (κ1) is 10.8. The lowest BCUT2D eigenvalue weighted by Gasteiger charge is -2.02. The summed E-state index contributed by atoms with van der Waals surface area (Å²) in [6, 6.07) is 10.8. The zero-order valence-electron chi connectivity index (χ0n) is 8.75. The van der Waals surface area contributed by atoms with Crippen molar-refractivity contribution >= 4 is 11.8 Å². The van der Waals surface area contributed by atoms with E-state index in [2.05, 4.69) is 4.98 Å². The molecule has 1 N–H and O–H groups in total. The van der Waals surface area contributed by atoms with Gasteiger partial charge in [-0.25, -0.2) is 4.98 Å². The van der Waals surface area contributed by atoms with Crippen LogP contribution in [-0.4, -0.2) is 17.2 Å². The number of pyridine rings is 1. The van der Waals surface area contributed by atoms with Gasteiger partial charge in [0.05, 0.1) is 13.3 Å². The molecule has 1 aromatic carbocycles. The van der Waals surface area contributed by atoms with E-state index in [9.17, 15) is 5.11 Å². The van der Waals surface area contributed by atoms with Gasteiger partial charge in [-0.1, -0.05) is 17.8 Å². The van der Waals surface area contributed by atoms with E-state index in [0.717, 1.165) is 15.7 Å². The van der Waals surface area contributed by atoms with Gasteiger partial charge in [0, 0.05) is 4.90 Å². The van der Waals surface area contributed by atoms with Crippen molar-refractivity contribution in [3.05, 3.63) is 42.6 Å². The Morgan fingerprint density at radius 2 is 2.12 bits per heavy atom. The fraction of sp³-hybridized carbons (Fsp3) is 0.0833. The van der Waals surface area contributed by atoms with E-state index >= 15 is 0 Å². The molecular formula is C12H11NO2S. The summed E-state index contributed by atoms with van der Waals surface area (Å²) in [6.45, 7) is 0.